The Morgan fingerprint density at radius 3 is 2.69 bits per heavy atom. The summed E-state index contributed by atoms with van der Waals surface area (Å²) in [7, 11) is -0.623. The Morgan fingerprint density at radius 2 is 2.06 bits per heavy atom. The highest BCUT2D eigenvalue weighted by Gasteiger charge is 2.15. The van der Waals surface area contributed by atoms with Gasteiger partial charge in [-0.1, -0.05) is 17.7 Å². The quantitative estimate of drug-likeness (QED) is 0.818. The molecular formula is C11H15ClN2OS. The summed E-state index contributed by atoms with van der Waals surface area (Å²) in [6.45, 7) is 2.58. The molecule has 5 heteroatoms. The summed E-state index contributed by atoms with van der Waals surface area (Å²) >= 11 is 6.11. The summed E-state index contributed by atoms with van der Waals surface area (Å²) in [5.74, 6) is 1.54. The zero-order chi connectivity index (χ0) is 11.5. The second kappa shape index (κ2) is 5.17. The highest BCUT2D eigenvalue weighted by molar-refractivity contribution is 7.85. The van der Waals surface area contributed by atoms with Crippen LogP contribution in [0, 0.1) is 0 Å². The number of hydrogen-bond acceptors (Lipinski definition) is 3. The van der Waals surface area contributed by atoms with E-state index in [1.54, 1.807) is 6.07 Å². The maximum atomic E-state index is 11.2. The van der Waals surface area contributed by atoms with E-state index in [9.17, 15) is 4.21 Å². The lowest BCUT2D eigenvalue weighted by Crippen LogP contribution is -2.37. The predicted octanol–water partition coefficient (Wildman–Crippen LogP) is 1.49. The molecule has 1 aromatic rings. The molecule has 0 bridgehead atoms. The van der Waals surface area contributed by atoms with Crippen LogP contribution in [0.1, 0.15) is 5.56 Å². The van der Waals surface area contributed by atoms with E-state index >= 15 is 0 Å². The third-order valence-corrected chi connectivity index (χ3v) is 4.37. The third-order valence-electron chi connectivity index (χ3n) is 2.74. The van der Waals surface area contributed by atoms with E-state index in [1.807, 2.05) is 12.1 Å². The average Bonchev–Trinajstić information content (AvgIpc) is 2.25. The van der Waals surface area contributed by atoms with E-state index < -0.39 is 10.8 Å². The first-order valence-corrected chi connectivity index (χ1v) is 7.13. The van der Waals surface area contributed by atoms with Gasteiger partial charge in [0.25, 0.3) is 0 Å². The summed E-state index contributed by atoms with van der Waals surface area (Å²) in [6.07, 6.45) is 0. The zero-order valence-corrected chi connectivity index (χ0v) is 10.6. The molecule has 3 nitrogen and oxygen atoms in total. The van der Waals surface area contributed by atoms with Crippen molar-refractivity contribution >= 4 is 28.1 Å². The predicted molar refractivity (Wildman–Crippen MR) is 69.0 cm³/mol. The molecule has 0 aromatic heterocycles. The smallest absolute Gasteiger partial charge is 0.0471 e. The molecule has 0 aliphatic carbocycles. The van der Waals surface area contributed by atoms with E-state index in [0.29, 0.717) is 10.7 Å². The summed E-state index contributed by atoms with van der Waals surface area (Å²) < 4.78 is 11.2. The number of anilines is 1. The molecule has 2 rings (SSSR count). The van der Waals surface area contributed by atoms with Crippen molar-refractivity contribution in [3.63, 3.8) is 0 Å². The van der Waals surface area contributed by atoms with E-state index in [0.717, 1.165) is 36.7 Å². The summed E-state index contributed by atoms with van der Waals surface area (Å²) in [6, 6.07) is 5.60. The summed E-state index contributed by atoms with van der Waals surface area (Å²) in [5.41, 5.74) is 7.42. The molecule has 0 unspecified atom stereocenters. The molecule has 2 N–H and O–H groups in total. The monoisotopic (exact) mass is 258 g/mol. The first-order chi connectivity index (χ1) is 7.65. The molecule has 1 aliphatic heterocycles. The standard InChI is InChI=1S/C11H15ClN2OS/c12-11-7-10(13)2-1-9(11)8-14-3-5-16(15)6-4-14/h1-2,7H,3-6,8,13H2. The van der Waals surface area contributed by atoms with Crippen molar-refractivity contribution in [1.29, 1.82) is 0 Å². The van der Waals surface area contributed by atoms with Gasteiger partial charge in [0.05, 0.1) is 0 Å². The minimum Gasteiger partial charge on any atom is -0.399 e. The van der Waals surface area contributed by atoms with Crippen LogP contribution in [0.25, 0.3) is 0 Å². The molecule has 1 aliphatic rings. The van der Waals surface area contributed by atoms with Gasteiger partial charge < -0.3 is 5.73 Å². The molecule has 1 heterocycles. The Balaban J connectivity index is 2.01. The van der Waals surface area contributed by atoms with Crippen molar-refractivity contribution in [1.82, 2.24) is 4.90 Å². The van der Waals surface area contributed by atoms with Gasteiger partial charge in [-0.2, -0.15) is 0 Å². The molecule has 0 spiro atoms. The molecular weight excluding hydrogens is 244 g/mol. The first-order valence-electron chi connectivity index (χ1n) is 5.26. The van der Waals surface area contributed by atoms with Crippen molar-refractivity contribution in [2.24, 2.45) is 0 Å². The maximum absolute atomic E-state index is 11.2. The topological polar surface area (TPSA) is 46.3 Å². The second-order valence-corrected chi connectivity index (χ2v) is 6.08. The highest BCUT2D eigenvalue weighted by atomic mass is 35.5. The van der Waals surface area contributed by atoms with Crippen LogP contribution < -0.4 is 5.73 Å². The van der Waals surface area contributed by atoms with Crippen molar-refractivity contribution in [3.05, 3.63) is 28.8 Å². The minimum absolute atomic E-state index is 0.623. The molecule has 88 valence electrons. The van der Waals surface area contributed by atoms with Crippen molar-refractivity contribution in [2.45, 2.75) is 6.54 Å². The Morgan fingerprint density at radius 1 is 1.38 bits per heavy atom. The van der Waals surface area contributed by atoms with Crippen LogP contribution in [-0.4, -0.2) is 33.7 Å². The average molecular weight is 259 g/mol. The Hall–Kier alpha value is -0.580. The summed E-state index contributed by atoms with van der Waals surface area (Å²) in [5, 5.41) is 0.715. The number of rotatable bonds is 2. The SMILES string of the molecule is Nc1ccc(CN2CCS(=O)CC2)c(Cl)c1. The van der Waals surface area contributed by atoms with E-state index in [-0.39, 0.29) is 0 Å². The number of halogens is 1. The van der Waals surface area contributed by atoms with Gasteiger partial charge in [-0.05, 0) is 17.7 Å². The summed E-state index contributed by atoms with van der Waals surface area (Å²) in [4.78, 5) is 2.28. The van der Waals surface area contributed by atoms with Gasteiger partial charge in [0, 0.05) is 52.6 Å². The molecule has 1 aromatic carbocycles. The fourth-order valence-electron chi connectivity index (χ4n) is 1.77. The maximum Gasteiger partial charge on any atom is 0.0471 e. The Kier molecular flexibility index (Phi) is 3.84. The first kappa shape index (κ1) is 11.9. The van der Waals surface area contributed by atoms with E-state index in [1.165, 1.54) is 0 Å². The normalized spacial score (nSPS) is 18.8. The van der Waals surface area contributed by atoms with Gasteiger partial charge in [0.1, 0.15) is 0 Å². The van der Waals surface area contributed by atoms with Gasteiger partial charge in [0.2, 0.25) is 0 Å². The molecule has 0 amide bonds. The third kappa shape index (κ3) is 2.97. The van der Waals surface area contributed by atoms with Crippen LogP contribution in [0.3, 0.4) is 0 Å². The lowest BCUT2D eigenvalue weighted by atomic mass is 10.2. The van der Waals surface area contributed by atoms with Gasteiger partial charge in [-0.15, -0.1) is 0 Å². The van der Waals surface area contributed by atoms with E-state index in [2.05, 4.69) is 4.90 Å². The fraction of sp³-hybridized carbons (Fsp3) is 0.455. The fourth-order valence-corrected chi connectivity index (χ4v) is 3.14. The Bertz CT molecular complexity index is 401. The molecule has 0 saturated carbocycles. The zero-order valence-electron chi connectivity index (χ0n) is 8.99. The highest BCUT2D eigenvalue weighted by Crippen LogP contribution is 2.21. The lowest BCUT2D eigenvalue weighted by Gasteiger charge is -2.26. The van der Waals surface area contributed by atoms with Crippen LogP contribution in [0.5, 0.6) is 0 Å². The molecule has 1 fully saturated rings. The van der Waals surface area contributed by atoms with Gasteiger partial charge in [-0.3, -0.25) is 9.11 Å². The van der Waals surface area contributed by atoms with Gasteiger partial charge >= 0.3 is 0 Å². The number of nitrogens with two attached hydrogens (primary N) is 1. The number of nitrogens with zero attached hydrogens (tertiary/aromatic N) is 1. The largest absolute Gasteiger partial charge is 0.399 e. The van der Waals surface area contributed by atoms with Crippen molar-refractivity contribution < 1.29 is 4.21 Å². The molecule has 16 heavy (non-hydrogen) atoms. The second-order valence-electron chi connectivity index (χ2n) is 3.98. The van der Waals surface area contributed by atoms with Crippen LogP contribution in [0.2, 0.25) is 5.02 Å². The molecule has 0 radical (unpaired) electrons. The number of benzene rings is 1. The van der Waals surface area contributed by atoms with Crippen LogP contribution in [-0.2, 0) is 17.3 Å². The van der Waals surface area contributed by atoms with Crippen molar-refractivity contribution in [2.75, 3.05) is 30.3 Å². The van der Waals surface area contributed by atoms with Crippen LogP contribution >= 0.6 is 11.6 Å². The van der Waals surface area contributed by atoms with Gasteiger partial charge in [-0.25, -0.2) is 0 Å². The lowest BCUT2D eigenvalue weighted by molar-refractivity contribution is 0.291. The van der Waals surface area contributed by atoms with Crippen LogP contribution in [0.15, 0.2) is 18.2 Å². The van der Waals surface area contributed by atoms with Gasteiger partial charge in [0.15, 0.2) is 0 Å². The van der Waals surface area contributed by atoms with Crippen molar-refractivity contribution in [3.8, 4) is 0 Å². The molecule has 0 atom stereocenters. The van der Waals surface area contributed by atoms with E-state index in [4.69, 9.17) is 17.3 Å². The minimum atomic E-state index is -0.623. The Labute approximate surface area is 103 Å². The van der Waals surface area contributed by atoms with Crippen LogP contribution in [0.4, 0.5) is 5.69 Å². The number of hydrogen-bond donors (Lipinski definition) is 1. The molecule has 1 saturated heterocycles. The number of nitrogen functional groups attached to an aromatic ring is 1.